The summed E-state index contributed by atoms with van der Waals surface area (Å²) >= 11 is 6.26. The second-order valence-corrected chi connectivity index (χ2v) is 7.95. The molecule has 7 heteroatoms. The third kappa shape index (κ3) is 3.19. The summed E-state index contributed by atoms with van der Waals surface area (Å²) in [5.41, 5.74) is 4.86. The molecule has 0 fully saturated rings. The molecule has 0 saturated carbocycles. The van der Waals surface area contributed by atoms with E-state index < -0.39 is 11.2 Å². The molecule has 6 nitrogen and oxygen atoms in total. The number of halogens is 1. The Kier molecular flexibility index (Phi) is 4.44. The van der Waals surface area contributed by atoms with Crippen molar-refractivity contribution in [1.29, 1.82) is 0 Å². The molecule has 0 bridgehead atoms. The van der Waals surface area contributed by atoms with Crippen LogP contribution in [0.2, 0.25) is 5.02 Å². The number of fused-ring (bicyclic) bond motifs is 3. The van der Waals surface area contributed by atoms with Crippen LogP contribution in [0.3, 0.4) is 0 Å². The molecule has 3 aromatic rings. The fraction of sp³-hybridized carbons (Fsp3) is 0.174. The standard InChI is InChI=1S/C23H18ClN3O3/c1-14-5-7-15(8-6-14)20-13-21-19-12-17(24)9-10-22(19)30-23(26(21)25-20)16-3-2-4-18(11-16)27(28)29/h2-12,21,23H,13H2,1H3/t21-,23+/m1/s1. The number of aryl methyl sites for hydroxylation is 1. The van der Waals surface area contributed by atoms with Crippen LogP contribution in [0.15, 0.2) is 71.8 Å². The first-order valence-electron chi connectivity index (χ1n) is 9.63. The zero-order valence-corrected chi connectivity index (χ0v) is 16.9. The lowest BCUT2D eigenvalue weighted by molar-refractivity contribution is -0.385. The summed E-state index contributed by atoms with van der Waals surface area (Å²) in [7, 11) is 0. The van der Waals surface area contributed by atoms with Gasteiger partial charge in [0.15, 0.2) is 0 Å². The van der Waals surface area contributed by atoms with Crippen molar-refractivity contribution in [3.63, 3.8) is 0 Å². The molecule has 0 saturated heterocycles. The minimum atomic E-state index is -0.563. The van der Waals surface area contributed by atoms with E-state index in [9.17, 15) is 10.1 Å². The van der Waals surface area contributed by atoms with Gasteiger partial charge in [0.25, 0.3) is 5.69 Å². The van der Waals surface area contributed by atoms with Crippen LogP contribution in [-0.2, 0) is 0 Å². The van der Waals surface area contributed by atoms with E-state index in [1.807, 2.05) is 30.1 Å². The number of hydrogen-bond acceptors (Lipinski definition) is 5. The van der Waals surface area contributed by atoms with E-state index in [1.165, 1.54) is 11.6 Å². The Morgan fingerprint density at radius 3 is 2.70 bits per heavy atom. The quantitative estimate of drug-likeness (QED) is 0.397. The average Bonchev–Trinajstić information content (AvgIpc) is 3.19. The molecule has 0 unspecified atom stereocenters. The Morgan fingerprint density at radius 1 is 1.13 bits per heavy atom. The maximum Gasteiger partial charge on any atom is 0.269 e. The molecule has 2 aliphatic rings. The lowest BCUT2D eigenvalue weighted by atomic mass is 9.95. The van der Waals surface area contributed by atoms with Gasteiger partial charge in [-0.2, -0.15) is 5.10 Å². The largest absolute Gasteiger partial charge is 0.464 e. The van der Waals surface area contributed by atoms with Crippen molar-refractivity contribution in [3.8, 4) is 5.75 Å². The minimum absolute atomic E-state index is 0.0245. The molecule has 3 aromatic carbocycles. The summed E-state index contributed by atoms with van der Waals surface area (Å²) in [5.74, 6) is 0.720. The number of ether oxygens (including phenoxy) is 1. The van der Waals surface area contributed by atoms with Crippen molar-refractivity contribution >= 4 is 23.0 Å². The molecule has 2 heterocycles. The van der Waals surface area contributed by atoms with Gasteiger partial charge in [-0.05, 0) is 30.7 Å². The van der Waals surface area contributed by atoms with Gasteiger partial charge in [-0.3, -0.25) is 10.1 Å². The Morgan fingerprint density at radius 2 is 1.93 bits per heavy atom. The van der Waals surface area contributed by atoms with Gasteiger partial charge in [-0.15, -0.1) is 0 Å². The number of hydrazone groups is 1. The van der Waals surface area contributed by atoms with E-state index in [-0.39, 0.29) is 11.7 Å². The Balaban J connectivity index is 1.60. The first-order chi connectivity index (χ1) is 14.5. The van der Waals surface area contributed by atoms with Crippen molar-refractivity contribution in [1.82, 2.24) is 5.01 Å². The second-order valence-electron chi connectivity index (χ2n) is 7.52. The van der Waals surface area contributed by atoms with Gasteiger partial charge >= 0.3 is 0 Å². The lowest BCUT2D eigenvalue weighted by Gasteiger charge is -2.38. The van der Waals surface area contributed by atoms with E-state index in [1.54, 1.807) is 18.2 Å². The predicted molar refractivity (Wildman–Crippen MR) is 115 cm³/mol. The van der Waals surface area contributed by atoms with Crippen molar-refractivity contribution in [2.45, 2.75) is 25.6 Å². The smallest absolute Gasteiger partial charge is 0.269 e. The van der Waals surface area contributed by atoms with E-state index in [2.05, 4.69) is 24.3 Å². The molecule has 0 spiro atoms. The van der Waals surface area contributed by atoms with Gasteiger partial charge in [-0.25, -0.2) is 5.01 Å². The summed E-state index contributed by atoms with van der Waals surface area (Å²) in [6.07, 6.45) is 0.136. The summed E-state index contributed by atoms with van der Waals surface area (Å²) < 4.78 is 6.26. The van der Waals surface area contributed by atoms with Crippen LogP contribution in [0.4, 0.5) is 5.69 Å². The summed E-state index contributed by atoms with van der Waals surface area (Å²) in [6.45, 7) is 2.05. The number of nitrogens with zero attached hydrogens (tertiary/aromatic N) is 3. The molecule has 2 atom stereocenters. The highest BCUT2D eigenvalue weighted by Gasteiger charge is 2.41. The Labute approximate surface area is 178 Å². The highest BCUT2D eigenvalue weighted by molar-refractivity contribution is 6.30. The first-order valence-corrected chi connectivity index (χ1v) is 10.0. The lowest BCUT2D eigenvalue weighted by Crippen LogP contribution is -2.33. The SMILES string of the molecule is Cc1ccc(C2=NN3[C@H](C2)c2cc(Cl)ccc2O[C@H]3c2cccc([N+](=O)[O-])c2)cc1. The van der Waals surface area contributed by atoms with E-state index >= 15 is 0 Å². The van der Waals surface area contributed by atoms with Crippen LogP contribution in [0.25, 0.3) is 0 Å². The summed E-state index contributed by atoms with van der Waals surface area (Å²) in [6, 6.07) is 20.3. The second kappa shape index (κ2) is 7.15. The third-order valence-electron chi connectivity index (χ3n) is 5.50. The van der Waals surface area contributed by atoms with Crippen LogP contribution in [0.5, 0.6) is 5.75 Å². The van der Waals surface area contributed by atoms with E-state index in [0.29, 0.717) is 17.0 Å². The number of nitro benzene ring substituents is 1. The van der Waals surface area contributed by atoms with Gasteiger partial charge in [0.2, 0.25) is 6.23 Å². The minimum Gasteiger partial charge on any atom is -0.464 e. The van der Waals surface area contributed by atoms with Gasteiger partial charge in [0.05, 0.1) is 16.7 Å². The zero-order valence-electron chi connectivity index (χ0n) is 16.2. The van der Waals surface area contributed by atoms with Crippen LogP contribution in [-0.4, -0.2) is 15.6 Å². The third-order valence-corrected chi connectivity index (χ3v) is 5.74. The fourth-order valence-electron chi connectivity index (χ4n) is 3.99. The van der Waals surface area contributed by atoms with E-state index in [4.69, 9.17) is 21.4 Å². The van der Waals surface area contributed by atoms with Crippen molar-refractivity contribution in [3.05, 3.63) is 104 Å². The Bertz CT molecular complexity index is 1180. The van der Waals surface area contributed by atoms with E-state index in [0.717, 1.165) is 22.6 Å². The van der Waals surface area contributed by atoms with Crippen LogP contribution in [0.1, 0.15) is 40.9 Å². The molecular formula is C23H18ClN3O3. The van der Waals surface area contributed by atoms with Crippen molar-refractivity contribution < 1.29 is 9.66 Å². The zero-order chi connectivity index (χ0) is 20.8. The number of non-ortho nitro benzene ring substituents is 1. The number of hydrogen-bond donors (Lipinski definition) is 0. The van der Waals surface area contributed by atoms with Crippen LogP contribution >= 0.6 is 11.6 Å². The topological polar surface area (TPSA) is 68.0 Å². The molecule has 2 aliphatic heterocycles. The van der Waals surface area contributed by atoms with Gasteiger partial charge in [0, 0.05) is 34.7 Å². The molecule has 0 amide bonds. The molecule has 5 rings (SSSR count). The normalized spacial score (nSPS) is 19.5. The number of nitro groups is 1. The monoisotopic (exact) mass is 419 g/mol. The van der Waals surface area contributed by atoms with Crippen molar-refractivity contribution in [2.75, 3.05) is 0 Å². The van der Waals surface area contributed by atoms with Crippen LogP contribution < -0.4 is 4.74 Å². The van der Waals surface area contributed by atoms with Gasteiger partial charge in [0.1, 0.15) is 5.75 Å². The molecule has 30 heavy (non-hydrogen) atoms. The molecule has 0 N–H and O–H groups in total. The maximum absolute atomic E-state index is 11.3. The molecule has 0 radical (unpaired) electrons. The summed E-state index contributed by atoms with van der Waals surface area (Å²) in [4.78, 5) is 10.9. The van der Waals surface area contributed by atoms with Gasteiger partial charge < -0.3 is 4.74 Å². The number of benzene rings is 3. The summed E-state index contributed by atoms with van der Waals surface area (Å²) in [5, 5.41) is 18.7. The van der Waals surface area contributed by atoms with Gasteiger partial charge in [-0.1, -0.05) is 53.6 Å². The maximum atomic E-state index is 11.3. The van der Waals surface area contributed by atoms with Crippen LogP contribution in [0, 0.1) is 17.0 Å². The first kappa shape index (κ1) is 18.6. The Hall–Kier alpha value is -3.38. The van der Waals surface area contributed by atoms with Crippen molar-refractivity contribution in [2.24, 2.45) is 5.10 Å². The predicted octanol–water partition coefficient (Wildman–Crippen LogP) is 5.80. The average molecular weight is 420 g/mol. The molecule has 150 valence electrons. The molecule has 0 aliphatic carbocycles. The highest BCUT2D eigenvalue weighted by atomic mass is 35.5. The fourth-order valence-corrected chi connectivity index (χ4v) is 4.17. The molecular weight excluding hydrogens is 402 g/mol. The highest BCUT2D eigenvalue weighted by Crippen LogP contribution is 2.48. The number of rotatable bonds is 3. The molecule has 0 aromatic heterocycles.